The number of hydrogen-bond acceptors (Lipinski definition) is 8. The molecule has 0 bridgehead atoms. The molecule has 0 radical (unpaired) electrons. The Hall–Kier alpha value is -4.22. The Labute approximate surface area is 144 Å². The Morgan fingerprint density at radius 2 is 1.77 bits per heavy atom. The summed E-state index contributed by atoms with van der Waals surface area (Å²) in [5.41, 5.74) is -0.741. The predicted molar refractivity (Wildman–Crippen MR) is 86.9 cm³/mol. The number of nitro benzene ring substituents is 2. The lowest BCUT2D eigenvalue weighted by atomic mass is 10.1. The number of para-hydroxylation sites is 1. The van der Waals surface area contributed by atoms with E-state index >= 15 is 0 Å². The Morgan fingerprint density at radius 3 is 2.42 bits per heavy atom. The minimum atomic E-state index is -0.886. The van der Waals surface area contributed by atoms with Crippen molar-refractivity contribution in [2.45, 2.75) is 0 Å². The van der Waals surface area contributed by atoms with Gasteiger partial charge in [-0.2, -0.15) is 4.68 Å². The van der Waals surface area contributed by atoms with Crippen LogP contribution in [0.3, 0.4) is 0 Å². The van der Waals surface area contributed by atoms with Gasteiger partial charge in [0.1, 0.15) is 6.33 Å². The second kappa shape index (κ2) is 6.72. The molecule has 1 N–H and O–H groups in total. The third kappa shape index (κ3) is 3.19. The molecule has 130 valence electrons. The number of carbonyl (C=O) groups excluding carboxylic acids is 1. The van der Waals surface area contributed by atoms with E-state index < -0.39 is 27.1 Å². The molecule has 12 nitrogen and oxygen atoms in total. The van der Waals surface area contributed by atoms with Crippen molar-refractivity contribution in [1.29, 1.82) is 0 Å². The maximum Gasteiger partial charge on any atom is 0.348 e. The van der Waals surface area contributed by atoms with Crippen molar-refractivity contribution in [1.82, 2.24) is 20.2 Å². The van der Waals surface area contributed by atoms with E-state index in [0.29, 0.717) is 5.69 Å². The molecule has 3 aromatic rings. The lowest BCUT2D eigenvalue weighted by Gasteiger charge is -2.09. The van der Waals surface area contributed by atoms with E-state index in [1.165, 1.54) is 23.1 Å². The first-order chi connectivity index (χ1) is 12.5. The van der Waals surface area contributed by atoms with E-state index in [1.54, 1.807) is 18.2 Å². The van der Waals surface area contributed by atoms with Gasteiger partial charge in [-0.25, -0.2) is 0 Å². The van der Waals surface area contributed by atoms with Crippen LogP contribution in [0.5, 0.6) is 0 Å². The number of carbonyl (C=O) groups is 1. The first kappa shape index (κ1) is 16.6. The van der Waals surface area contributed by atoms with Crippen LogP contribution in [-0.4, -0.2) is 36.0 Å². The van der Waals surface area contributed by atoms with Gasteiger partial charge in [-0.3, -0.25) is 25.0 Å². The number of rotatable bonds is 5. The highest BCUT2D eigenvalue weighted by atomic mass is 16.6. The number of aromatic nitrogens is 4. The average molecular weight is 355 g/mol. The molecule has 0 saturated carbocycles. The highest BCUT2D eigenvalue weighted by Gasteiger charge is 2.25. The van der Waals surface area contributed by atoms with Crippen LogP contribution in [-0.2, 0) is 0 Å². The lowest BCUT2D eigenvalue weighted by molar-refractivity contribution is -0.422. The minimum Gasteiger partial charge on any atom is -0.322 e. The third-order valence-corrected chi connectivity index (χ3v) is 3.37. The average Bonchev–Trinajstić information content (AvgIpc) is 3.16. The van der Waals surface area contributed by atoms with Crippen molar-refractivity contribution in [2.75, 3.05) is 5.32 Å². The van der Waals surface area contributed by atoms with Crippen molar-refractivity contribution in [3.63, 3.8) is 0 Å². The molecule has 0 aliphatic heterocycles. The highest BCUT2D eigenvalue weighted by molar-refractivity contribution is 6.07. The van der Waals surface area contributed by atoms with Crippen LogP contribution in [0.1, 0.15) is 10.4 Å². The van der Waals surface area contributed by atoms with Crippen LogP contribution in [0.2, 0.25) is 0 Å². The van der Waals surface area contributed by atoms with Gasteiger partial charge in [0.2, 0.25) is 0 Å². The molecule has 0 saturated heterocycles. The molecule has 0 fully saturated rings. The number of anilines is 1. The summed E-state index contributed by atoms with van der Waals surface area (Å²) in [6.45, 7) is 0. The van der Waals surface area contributed by atoms with Crippen LogP contribution in [0.15, 0.2) is 48.8 Å². The van der Waals surface area contributed by atoms with Crippen molar-refractivity contribution >= 4 is 23.0 Å². The van der Waals surface area contributed by atoms with Crippen molar-refractivity contribution < 1.29 is 14.6 Å². The van der Waals surface area contributed by atoms with Crippen LogP contribution in [0.25, 0.3) is 5.69 Å². The normalized spacial score (nSPS) is 10.3. The first-order valence-corrected chi connectivity index (χ1v) is 7.04. The lowest BCUT2D eigenvalue weighted by Crippen LogP contribution is -2.15. The standard InChI is InChI=1S/C14H9N7O5/c22-14(10-3-1-2-4-11(10)19-8-15-17-18-19)16-9-5-6-12(20(23)24)13(7-9)21(25)26/h1-8H,(H,16,22). The fourth-order valence-electron chi connectivity index (χ4n) is 2.24. The molecule has 0 unspecified atom stereocenters. The maximum atomic E-state index is 12.5. The second-order valence-corrected chi connectivity index (χ2v) is 4.94. The molecule has 12 heteroatoms. The summed E-state index contributed by atoms with van der Waals surface area (Å²) in [6.07, 6.45) is 1.31. The van der Waals surface area contributed by atoms with E-state index in [2.05, 4.69) is 20.8 Å². The zero-order chi connectivity index (χ0) is 18.7. The summed E-state index contributed by atoms with van der Waals surface area (Å²) in [4.78, 5) is 32.6. The summed E-state index contributed by atoms with van der Waals surface area (Å²) in [7, 11) is 0. The molecule has 1 heterocycles. The molecular weight excluding hydrogens is 346 g/mol. The van der Waals surface area contributed by atoms with E-state index in [0.717, 1.165) is 12.1 Å². The fourth-order valence-corrected chi connectivity index (χ4v) is 2.24. The monoisotopic (exact) mass is 355 g/mol. The van der Waals surface area contributed by atoms with Gasteiger partial charge in [0.25, 0.3) is 5.91 Å². The molecule has 0 atom stereocenters. The predicted octanol–water partition coefficient (Wildman–Crippen LogP) is 1.73. The topological polar surface area (TPSA) is 159 Å². The number of amides is 1. The second-order valence-electron chi connectivity index (χ2n) is 4.94. The van der Waals surface area contributed by atoms with Gasteiger partial charge in [-0.1, -0.05) is 12.1 Å². The van der Waals surface area contributed by atoms with Gasteiger partial charge >= 0.3 is 11.4 Å². The minimum absolute atomic E-state index is 0.0406. The molecule has 0 aliphatic carbocycles. The van der Waals surface area contributed by atoms with E-state index in [4.69, 9.17) is 0 Å². The zero-order valence-electron chi connectivity index (χ0n) is 12.8. The summed E-state index contributed by atoms with van der Waals surface area (Å²) < 4.78 is 1.28. The molecule has 2 aromatic carbocycles. The summed E-state index contributed by atoms with van der Waals surface area (Å²) in [5.74, 6) is -0.584. The third-order valence-electron chi connectivity index (χ3n) is 3.37. The first-order valence-electron chi connectivity index (χ1n) is 7.04. The SMILES string of the molecule is O=C(Nc1ccc([N+](=O)[O-])c([N+](=O)[O-])c1)c1ccccc1-n1cnnn1. The molecule has 3 rings (SSSR count). The number of nitrogens with zero attached hydrogens (tertiary/aromatic N) is 6. The molecule has 0 spiro atoms. The largest absolute Gasteiger partial charge is 0.348 e. The molecule has 1 amide bonds. The summed E-state index contributed by atoms with van der Waals surface area (Å²) >= 11 is 0. The zero-order valence-corrected chi connectivity index (χ0v) is 12.8. The number of benzene rings is 2. The quantitative estimate of drug-likeness (QED) is 0.535. The van der Waals surface area contributed by atoms with Gasteiger partial charge in [-0.15, -0.1) is 5.10 Å². The number of tetrazole rings is 1. The summed E-state index contributed by atoms with van der Waals surface area (Å²) in [6, 6.07) is 9.54. The van der Waals surface area contributed by atoms with Crippen molar-refractivity contribution in [3.8, 4) is 5.69 Å². The Bertz CT molecular complexity index is 1000. The van der Waals surface area contributed by atoms with Crippen LogP contribution in [0.4, 0.5) is 17.1 Å². The van der Waals surface area contributed by atoms with Crippen LogP contribution >= 0.6 is 0 Å². The van der Waals surface area contributed by atoms with Gasteiger partial charge in [0.15, 0.2) is 0 Å². The smallest absolute Gasteiger partial charge is 0.322 e. The maximum absolute atomic E-state index is 12.5. The number of nitrogens with one attached hydrogen (secondary N) is 1. The van der Waals surface area contributed by atoms with Gasteiger partial charge < -0.3 is 5.32 Å². The van der Waals surface area contributed by atoms with E-state index in [9.17, 15) is 25.0 Å². The molecule has 26 heavy (non-hydrogen) atoms. The highest BCUT2D eigenvalue weighted by Crippen LogP contribution is 2.30. The number of nitro groups is 2. The van der Waals surface area contributed by atoms with Gasteiger partial charge in [0, 0.05) is 17.8 Å². The Kier molecular flexibility index (Phi) is 4.30. The number of hydrogen-bond donors (Lipinski definition) is 1. The van der Waals surface area contributed by atoms with Crippen LogP contribution in [0, 0.1) is 20.2 Å². The van der Waals surface area contributed by atoms with Gasteiger partial charge in [-0.05, 0) is 28.6 Å². The van der Waals surface area contributed by atoms with E-state index in [-0.39, 0.29) is 11.3 Å². The summed E-state index contributed by atoms with van der Waals surface area (Å²) in [5, 5.41) is 35.1. The molecule has 1 aromatic heterocycles. The Morgan fingerprint density at radius 1 is 1.04 bits per heavy atom. The van der Waals surface area contributed by atoms with E-state index in [1.807, 2.05) is 0 Å². The van der Waals surface area contributed by atoms with Crippen LogP contribution < -0.4 is 5.32 Å². The fraction of sp³-hybridized carbons (Fsp3) is 0. The molecular formula is C14H9N7O5. The van der Waals surface area contributed by atoms with Gasteiger partial charge in [0.05, 0.1) is 21.1 Å². The van der Waals surface area contributed by atoms with Crippen molar-refractivity contribution in [3.05, 3.63) is 74.6 Å². The molecule has 0 aliphatic rings. The van der Waals surface area contributed by atoms with Crippen molar-refractivity contribution in [2.24, 2.45) is 0 Å². The Balaban J connectivity index is 1.93.